The lowest BCUT2D eigenvalue weighted by atomic mass is 9.81. The first-order chi connectivity index (χ1) is 10.3. The van der Waals surface area contributed by atoms with Gasteiger partial charge in [0.25, 0.3) is 0 Å². The van der Waals surface area contributed by atoms with Crippen molar-refractivity contribution in [2.24, 2.45) is 5.73 Å². The number of nitrogens with zero attached hydrogens (tertiary/aromatic N) is 2. The summed E-state index contributed by atoms with van der Waals surface area (Å²) in [6, 6.07) is 4.21. The number of aromatic amines is 1. The Balaban J connectivity index is 2.27. The first kappa shape index (κ1) is 15.1. The van der Waals surface area contributed by atoms with Crippen molar-refractivity contribution >= 4 is 27.3 Å². The van der Waals surface area contributed by atoms with E-state index in [4.69, 9.17) is 10.5 Å². The number of thiophene rings is 1. The van der Waals surface area contributed by atoms with E-state index in [1.165, 1.54) is 0 Å². The second-order valence-corrected chi connectivity index (χ2v) is 8.02. The molecule has 5 nitrogen and oxygen atoms in total. The van der Waals surface area contributed by atoms with Crippen LogP contribution >= 0.6 is 27.3 Å². The number of ether oxygens (including phenoxy) is 1. The predicted molar refractivity (Wildman–Crippen MR) is 88.6 cm³/mol. The average Bonchev–Trinajstić information content (AvgIpc) is 3.02. The molecule has 1 aliphatic rings. The van der Waals surface area contributed by atoms with Crippen LogP contribution < -0.4 is 10.5 Å². The molecule has 1 atom stereocenters. The summed E-state index contributed by atoms with van der Waals surface area (Å²) in [6.45, 7) is 6.28. The van der Waals surface area contributed by atoms with Gasteiger partial charge in [-0.05, 0) is 22.0 Å². The molecule has 0 amide bonds. The molecule has 0 fully saturated rings. The minimum atomic E-state index is -0.252. The molecule has 22 heavy (non-hydrogen) atoms. The lowest BCUT2D eigenvalue weighted by Crippen LogP contribution is -2.23. The van der Waals surface area contributed by atoms with E-state index in [1.54, 1.807) is 11.3 Å². The maximum Gasteiger partial charge on any atom is 0.244 e. The third-order valence-electron chi connectivity index (χ3n) is 3.56. The molecule has 0 saturated heterocycles. The van der Waals surface area contributed by atoms with Crippen molar-refractivity contribution in [3.63, 3.8) is 0 Å². The molecule has 114 valence electrons. The van der Waals surface area contributed by atoms with Crippen molar-refractivity contribution in [1.29, 1.82) is 5.26 Å². The van der Waals surface area contributed by atoms with Crippen molar-refractivity contribution < 1.29 is 4.74 Å². The van der Waals surface area contributed by atoms with Gasteiger partial charge in [0.2, 0.25) is 11.8 Å². The van der Waals surface area contributed by atoms with E-state index in [2.05, 4.69) is 53.0 Å². The van der Waals surface area contributed by atoms with Crippen molar-refractivity contribution in [3.8, 4) is 11.9 Å². The van der Waals surface area contributed by atoms with Crippen molar-refractivity contribution in [3.05, 3.63) is 43.5 Å². The number of nitrogens with two attached hydrogens (primary N) is 1. The Bertz CT molecular complexity index is 806. The molecular formula is C15H15BrN4OS. The number of H-pyrrole nitrogens is 1. The fourth-order valence-corrected chi connectivity index (χ4v) is 4.14. The molecule has 3 rings (SSSR count). The second-order valence-electron chi connectivity index (χ2n) is 6.16. The Morgan fingerprint density at radius 3 is 2.77 bits per heavy atom. The Kier molecular flexibility index (Phi) is 3.54. The van der Waals surface area contributed by atoms with Gasteiger partial charge in [-0.25, -0.2) is 0 Å². The zero-order chi connectivity index (χ0) is 16.1. The van der Waals surface area contributed by atoms with Crippen LogP contribution in [0.25, 0.3) is 0 Å². The summed E-state index contributed by atoms with van der Waals surface area (Å²) in [4.78, 5) is 1.03. The van der Waals surface area contributed by atoms with E-state index in [1.807, 2.05) is 11.4 Å². The molecular weight excluding hydrogens is 364 g/mol. The maximum absolute atomic E-state index is 9.55. The molecule has 3 heterocycles. The quantitative estimate of drug-likeness (QED) is 0.790. The zero-order valence-electron chi connectivity index (χ0n) is 12.4. The molecule has 0 saturated carbocycles. The van der Waals surface area contributed by atoms with E-state index in [9.17, 15) is 5.26 Å². The molecule has 0 bridgehead atoms. The summed E-state index contributed by atoms with van der Waals surface area (Å²) < 4.78 is 6.54. The first-order valence-electron chi connectivity index (χ1n) is 6.73. The number of nitrogens with one attached hydrogen (secondary N) is 1. The lowest BCUT2D eigenvalue weighted by molar-refractivity contribution is 0.378. The molecule has 0 aromatic carbocycles. The molecule has 0 aliphatic carbocycles. The number of aromatic nitrogens is 2. The van der Waals surface area contributed by atoms with Crippen LogP contribution in [0.3, 0.4) is 0 Å². The Hall–Kier alpha value is -1.78. The molecule has 2 aromatic heterocycles. The van der Waals surface area contributed by atoms with Gasteiger partial charge < -0.3 is 10.5 Å². The number of fused-ring (bicyclic) bond motifs is 1. The van der Waals surface area contributed by atoms with E-state index in [-0.39, 0.29) is 17.2 Å². The van der Waals surface area contributed by atoms with Gasteiger partial charge in [-0.1, -0.05) is 20.8 Å². The summed E-state index contributed by atoms with van der Waals surface area (Å²) in [5.74, 6) is 0.324. The van der Waals surface area contributed by atoms with Gasteiger partial charge in [0.15, 0.2) is 0 Å². The van der Waals surface area contributed by atoms with Crippen LogP contribution in [0, 0.1) is 11.3 Å². The van der Waals surface area contributed by atoms with Crippen LogP contribution in [0.1, 0.15) is 42.8 Å². The van der Waals surface area contributed by atoms with Crippen molar-refractivity contribution in [2.75, 3.05) is 0 Å². The number of nitriles is 1. The molecule has 1 aliphatic heterocycles. The summed E-state index contributed by atoms with van der Waals surface area (Å²) in [5, 5.41) is 18.8. The minimum absolute atomic E-state index is 0.122. The Morgan fingerprint density at radius 2 is 2.23 bits per heavy atom. The monoisotopic (exact) mass is 378 g/mol. The average molecular weight is 379 g/mol. The largest absolute Gasteiger partial charge is 0.420 e. The summed E-state index contributed by atoms with van der Waals surface area (Å²) in [6.07, 6.45) is 0. The highest BCUT2D eigenvalue weighted by Crippen LogP contribution is 2.47. The molecule has 1 unspecified atom stereocenters. The maximum atomic E-state index is 9.55. The summed E-state index contributed by atoms with van der Waals surface area (Å²) >= 11 is 5.05. The van der Waals surface area contributed by atoms with Crippen LogP contribution in [0.15, 0.2) is 27.4 Å². The third kappa shape index (κ3) is 2.32. The van der Waals surface area contributed by atoms with Crippen molar-refractivity contribution in [2.45, 2.75) is 32.1 Å². The van der Waals surface area contributed by atoms with Crippen LogP contribution in [0.4, 0.5) is 0 Å². The normalized spacial score (nSPS) is 17.9. The summed E-state index contributed by atoms with van der Waals surface area (Å²) in [7, 11) is 0. The number of halogens is 1. The van der Waals surface area contributed by atoms with E-state index >= 15 is 0 Å². The molecule has 3 N–H and O–H groups in total. The van der Waals surface area contributed by atoms with Crippen LogP contribution in [-0.4, -0.2) is 10.2 Å². The second kappa shape index (κ2) is 5.14. The van der Waals surface area contributed by atoms with E-state index < -0.39 is 0 Å². The number of rotatable bonds is 1. The fraction of sp³-hybridized carbons (Fsp3) is 0.333. The number of hydrogen-bond donors (Lipinski definition) is 2. The fourth-order valence-electron chi connectivity index (χ4n) is 2.58. The van der Waals surface area contributed by atoms with Gasteiger partial charge in [-0.2, -0.15) is 5.26 Å². The SMILES string of the molecule is CC(C)(C)c1[nH]nc2c1C(c1cc(Br)cs1)C(C#N)=C(N)O2. The Morgan fingerprint density at radius 1 is 1.50 bits per heavy atom. The topological polar surface area (TPSA) is 87.7 Å². The molecule has 7 heteroatoms. The standard InChI is InChI=1S/C15H15BrN4OS/c1-15(2,3)12-11-10(9-4-7(16)6-22-9)8(5-17)13(18)21-14(11)20-19-12/h4,6,10H,18H2,1-3H3,(H,19,20). The smallest absolute Gasteiger partial charge is 0.244 e. The van der Waals surface area contributed by atoms with Gasteiger partial charge in [0.05, 0.1) is 11.5 Å². The van der Waals surface area contributed by atoms with Gasteiger partial charge in [0.1, 0.15) is 11.6 Å². The highest BCUT2D eigenvalue weighted by molar-refractivity contribution is 9.10. The van der Waals surface area contributed by atoms with Gasteiger partial charge in [0, 0.05) is 25.8 Å². The highest BCUT2D eigenvalue weighted by Gasteiger charge is 2.38. The van der Waals surface area contributed by atoms with Gasteiger partial charge >= 0.3 is 0 Å². The highest BCUT2D eigenvalue weighted by atomic mass is 79.9. The molecule has 0 radical (unpaired) electrons. The minimum Gasteiger partial charge on any atom is -0.420 e. The van der Waals surface area contributed by atoms with Crippen LogP contribution in [0.2, 0.25) is 0 Å². The van der Waals surface area contributed by atoms with Crippen molar-refractivity contribution in [1.82, 2.24) is 10.2 Å². The summed E-state index contributed by atoms with van der Waals surface area (Å²) in [5.41, 5.74) is 8.06. The van der Waals surface area contributed by atoms with Gasteiger partial charge in [-0.3, -0.25) is 5.10 Å². The Labute approximate surface area is 140 Å². The van der Waals surface area contributed by atoms with Gasteiger partial charge in [-0.15, -0.1) is 16.4 Å². The zero-order valence-corrected chi connectivity index (χ0v) is 14.8. The molecule has 2 aromatic rings. The lowest BCUT2D eigenvalue weighted by Gasteiger charge is -2.26. The van der Waals surface area contributed by atoms with E-state index in [0.717, 1.165) is 20.6 Å². The molecule has 0 spiro atoms. The van der Waals surface area contributed by atoms with E-state index in [0.29, 0.717) is 11.5 Å². The van der Waals surface area contributed by atoms with Crippen LogP contribution in [0.5, 0.6) is 5.88 Å². The third-order valence-corrected chi connectivity index (χ3v) is 5.32. The predicted octanol–water partition coefficient (Wildman–Crippen LogP) is 3.75. The first-order valence-corrected chi connectivity index (χ1v) is 8.40. The number of hydrogen-bond acceptors (Lipinski definition) is 5. The number of allylic oxidation sites excluding steroid dienone is 1. The van der Waals surface area contributed by atoms with Crippen LogP contribution in [-0.2, 0) is 5.41 Å².